The largest absolute Gasteiger partial charge is 0.341 e. The third kappa shape index (κ3) is 5.33. The SMILES string of the molecule is CCC(CCN)CCC(=O)N(C)Cc1ccccc1C. The van der Waals surface area contributed by atoms with E-state index in [-0.39, 0.29) is 5.91 Å². The van der Waals surface area contributed by atoms with E-state index in [1.165, 1.54) is 11.1 Å². The van der Waals surface area contributed by atoms with Crippen LogP contribution in [-0.4, -0.2) is 24.4 Å². The molecule has 0 aliphatic heterocycles. The summed E-state index contributed by atoms with van der Waals surface area (Å²) in [6, 6.07) is 8.22. The predicted molar refractivity (Wildman–Crippen MR) is 84.3 cm³/mol. The number of carbonyl (C=O) groups excluding carboxylic acids is 1. The fourth-order valence-electron chi connectivity index (χ4n) is 2.44. The lowest BCUT2D eigenvalue weighted by Crippen LogP contribution is -2.27. The Bertz CT molecular complexity index is 417. The second kappa shape index (κ2) is 8.75. The van der Waals surface area contributed by atoms with E-state index in [0.29, 0.717) is 25.4 Å². The van der Waals surface area contributed by atoms with Gasteiger partial charge in [0, 0.05) is 20.0 Å². The Hall–Kier alpha value is -1.35. The van der Waals surface area contributed by atoms with E-state index in [2.05, 4.69) is 26.0 Å². The Morgan fingerprint density at radius 2 is 2.00 bits per heavy atom. The van der Waals surface area contributed by atoms with E-state index < -0.39 is 0 Å². The van der Waals surface area contributed by atoms with Gasteiger partial charge in [-0.1, -0.05) is 37.6 Å². The highest BCUT2D eigenvalue weighted by Crippen LogP contribution is 2.16. The molecule has 0 saturated carbocycles. The molecule has 0 radical (unpaired) electrons. The summed E-state index contributed by atoms with van der Waals surface area (Å²) in [5, 5.41) is 0. The summed E-state index contributed by atoms with van der Waals surface area (Å²) in [6.45, 7) is 5.66. The van der Waals surface area contributed by atoms with Crippen LogP contribution < -0.4 is 5.73 Å². The predicted octanol–water partition coefficient (Wildman–Crippen LogP) is 3.11. The van der Waals surface area contributed by atoms with Crippen molar-refractivity contribution in [3.8, 4) is 0 Å². The molecule has 0 fully saturated rings. The van der Waals surface area contributed by atoms with Crippen LogP contribution in [0, 0.1) is 12.8 Å². The third-order valence-electron chi connectivity index (χ3n) is 4.01. The highest BCUT2D eigenvalue weighted by molar-refractivity contribution is 5.75. The molecular weight excluding hydrogens is 248 g/mol. The van der Waals surface area contributed by atoms with Crippen LogP contribution in [0.15, 0.2) is 24.3 Å². The molecule has 112 valence electrons. The normalized spacial score (nSPS) is 12.2. The van der Waals surface area contributed by atoms with Gasteiger partial charge in [-0.3, -0.25) is 4.79 Å². The van der Waals surface area contributed by atoms with E-state index in [1.807, 2.05) is 24.1 Å². The molecular formula is C17H28N2O. The number of rotatable bonds is 8. The Kier molecular flexibility index (Phi) is 7.31. The van der Waals surface area contributed by atoms with Crippen molar-refractivity contribution >= 4 is 5.91 Å². The lowest BCUT2D eigenvalue weighted by molar-refractivity contribution is -0.130. The maximum atomic E-state index is 12.2. The average Bonchev–Trinajstić information content (AvgIpc) is 2.45. The van der Waals surface area contributed by atoms with Crippen LogP contribution in [0.5, 0.6) is 0 Å². The number of nitrogens with zero attached hydrogens (tertiary/aromatic N) is 1. The summed E-state index contributed by atoms with van der Waals surface area (Å²) >= 11 is 0. The number of amides is 1. The van der Waals surface area contributed by atoms with Crippen molar-refractivity contribution < 1.29 is 4.79 Å². The second-order valence-electron chi connectivity index (χ2n) is 5.57. The quantitative estimate of drug-likeness (QED) is 0.793. The van der Waals surface area contributed by atoms with Crippen molar-refractivity contribution in [2.24, 2.45) is 11.7 Å². The van der Waals surface area contributed by atoms with E-state index in [9.17, 15) is 4.79 Å². The Morgan fingerprint density at radius 3 is 2.60 bits per heavy atom. The number of carbonyl (C=O) groups is 1. The maximum Gasteiger partial charge on any atom is 0.222 e. The van der Waals surface area contributed by atoms with E-state index in [4.69, 9.17) is 5.73 Å². The van der Waals surface area contributed by atoms with Crippen molar-refractivity contribution in [2.75, 3.05) is 13.6 Å². The zero-order valence-corrected chi connectivity index (χ0v) is 13.1. The molecule has 0 bridgehead atoms. The van der Waals surface area contributed by atoms with Crippen LogP contribution in [-0.2, 0) is 11.3 Å². The standard InChI is InChI=1S/C17H28N2O/c1-4-15(11-12-18)9-10-17(20)19(3)13-16-8-6-5-7-14(16)2/h5-8,15H,4,9-13,18H2,1-3H3. The van der Waals surface area contributed by atoms with Crippen molar-refractivity contribution in [3.05, 3.63) is 35.4 Å². The molecule has 1 aromatic rings. The zero-order valence-electron chi connectivity index (χ0n) is 13.1. The van der Waals surface area contributed by atoms with Gasteiger partial charge in [0.2, 0.25) is 5.91 Å². The molecule has 0 heterocycles. The molecule has 1 atom stereocenters. The van der Waals surface area contributed by atoms with Gasteiger partial charge in [0.1, 0.15) is 0 Å². The minimum absolute atomic E-state index is 0.226. The molecule has 0 aromatic heterocycles. The number of hydrogen-bond donors (Lipinski definition) is 1. The van der Waals surface area contributed by atoms with Crippen molar-refractivity contribution in [3.63, 3.8) is 0 Å². The Morgan fingerprint density at radius 1 is 1.30 bits per heavy atom. The molecule has 1 aromatic carbocycles. The Labute approximate surface area is 123 Å². The first-order valence-electron chi connectivity index (χ1n) is 7.57. The molecule has 20 heavy (non-hydrogen) atoms. The lowest BCUT2D eigenvalue weighted by Gasteiger charge is -2.20. The number of benzene rings is 1. The first-order valence-corrected chi connectivity index (χ1v) is 7.57. The minimum Gasteiger partial charge on any atom is -0.341 e. The van der Waals surface area contributed by atoms with Gasteiger partial charge in [-0.2, -0.15) is 0 Å². The van der Waals surface area contributed by atoms with Gasteiger partial charge in [0.05, 0.1) is 0 Å². The molecule has 0 aliphatic carbocycles. The topological polar surface area (TPSA) is 46.3 Å². The molecule has 1 rings (SSSR count). The lowest BCUT2D eigenvalue weighted by atomic mass is 9.96. The molecule has 0 saturated heterocycles. The summed E-state index contributed by atoms with van der Waals surface area (Å²) in [5.74, 6) is 0.805. The number of aryl methyl sites for hydroxylation is 1. The van der Waals surface area contributed by atoms with Crippen molar-refractivity contribution in [1.29, 1.82) is 0 Å². The van der Waals surface area contributed by atoms with Crippen molar-refractivity contribution in [1.82, 2.24) is 4.90 Å². The van der Waals surface area contributed by atoms with Crippen LogP contribution >= 0.6 is 0 Å². The molecule has 1 unspecified atom stereocenters. The molecule has 3 nitrogen and oxygen atoms in total. The van der Waals surface area contributed by atoms with Gasteiger partial charge in [-0.25, -0.2) is 0 Å². The first kappa shape index (κ1) is 16.7. The van der Waals surface area contributed by atoms with Crippen LogP contribution in [0.2, 0.25) is 0 Å². The molecule has 0 aliphatic rings. The fraction of sp³-hybridized carbons (Fsp3) is 0.588. The van der Waals surface area contributed by atoms with Crippen molar-refractivity contribution in [2.45, 2.75) is 46.1 Å². The number of nitrogens with two attached hydrogens (primary N) is 1. The third-order valence-corrected chi connectivity index (χ3v) is 4.01. The first-order chi connectivity index (χ1) is 9.58. The van der Waals surface area contributed by atoms with Gasteiger partial charge in [-0.05, 0) is 43.4 Å². The monoisotopic (exact) mass is 276 g/mol. The second-order valence-corrected chi connectivity index (χ2v) is 5.57. The summed E-state index contributed by atoms with van der Waals surface area (Å²) in [4.78, 5) is 14.0. The summed E-state index contributed by atoms with van der Waals surface area (Å²) < 4.78 is 0. The minimum atomic E-state index is 0.226. The maximum absolute atomic E-state index is 12.2. The smallest absolute Gasteiger partial charge is 0.222 e. The van der Waals surface area contributed by atoms with Crippen LogP contribution in [0.1, 0.15) is 43.7 Å². The van der Waals surface area contributed by atoms with Gasteiger partial charge < -0.3 is 10.6 Å². The zero-order chi connectivity index (χ0) is 15.0. The fourth-order valence-corrected chi connectivity index (χ4v) is 2.44. The molecule has 2 N–H and O–H groups in total. The summed E-state index contributed by atoms with van der Waals surface area (Å²) in [7, 11) is 1.89. The van der Waals surface area contributed by atoms with E-state index >= 15 is 0 Å². The Balaban J connectivity index is 2.45. The van der Waals surface area contributed by atoms with E-state index in [1.54, 1.807) is 0 Å². The van der Waals surface area contributed by atoms with Crippen LogP contribution in [0.3, 0.4) is 0 Å². The highest BCUT2D eigenvalue weighted by atomic mass is 16.2. The molecule has 3 heteroatoms. The summed E-state index contributed by atoms with van der Waals surface area (Å²) in [5.41, 5.74) is 8.05. The van der Waals surface area contributed by atoms with Crippen LogP contribution in [0.4, 0.5) is 0 Å². The van der Waals surface area contributed by atoms with Gasteiger partial charge in [0.15, 0.2) is 0 Å². The summed E-state index contributed by atoms with van der Waals surface area (Å²) in [6.07, 6.45) is 3.70. The van der Waals surface area contributed by atoms with E-state index in [0.717, 1.165) is 19.3 Å². The molecule has 0 spiro atoms. The van der Waals surface area contributed by atoms with Gasteiger partial charge >= 0.3 is 0 Å². The van der Waals surface area contributed by atoms with Gasteiger partial charge in [-0.15, -0.1) is 0 Å². The molecule has 1 amide bonds. The highest BCUT2D eigenvalue weighted by Gasteiger charge is 2.13. The van der Waals surface area contributed by atoms with Crippen LogP contribution in [0.25, 0.3) is 0 Å². The average molecular weight is 276 g/mol. The number of hydrogen-bond acceptors (Lipinski definition) is 2. The van der Waals surface area contributed by atoms with Gasteiger partial charge in [0.25, 0.3) is 0 Å².